The summed E-state index contributed by atoms with van der Waals surface area (Å²) in [6.45, 7) is 0. The Balaban J connectivity index is 1.53. The van der Waals surface area contributed by atoms with E-state index in [1.54, 1.807) is 0 Å². The fourth-order valence-electron chi connectivity index (χ4n) is 6.50. The molecular weight excluding hydrogens is 506 g/mol. The molecule has 3 aromatic heterocycles. The highest BCUT2D eigenvalue weighted by Crippen LogP contribution is 2.47. The van der Waals surface area contributed by atoms with Crippen molar-refractivity contribution in [2.45, 2.75) is 12.8 Å². The van der Waals surface area contributed by atoms with Gasteiger partial charge in [-0.1, -0.05) is 97.1 Å². The smallest absolute Gasteiger partial charge is 0.235 e. The minimum atomic E-state index is 0.712. The van der Waals surface area contributed by atoms with Gasteiger partial charge in [0.2, 0.25) is 5.95 Å². The summed E-state index contributed by atoms with van der Waals surface area (Å²) < 4.78 is 4.96. The van der Waals surface area contributed by atoms with Gasteiger partial charge in [0.05, 0.1) is 22.2 Å². The van der Waals surface area contributed by atoms with Crippen molar-refractivity contribution in [2.75, 3.05) is 0 Å². The third-order valence-corrected chi connectivity index (χ3v) is 9.41. The zero-order valence-corrected chi connectivity index (χ0v) is 22.5. The highest BCUT2D eigenvalue weighted by atomic mass is 32.1. The highest BCUT2D eigenvalue weighted by Gasteiger charge is 2.23. The van der Waals surface area contributed by atoms with Crippen LogP contribution in [0.1, 0.15) is 18.5 Å². The third kappa shape index (κ3) is 3.00. The molecule has 0 radical (unpaired) electrons. The van der Waals surface area contributed by atoms with Gasteiger partial charge >= 0.3 is 0 Å². The number of nitrogens with zero attached hydrogens (tertiary/aromatic N) is 3. The molecule has 0 unspecified atom stereocenters. The van der Waals surface area contributed by atoms with E-state index in [-0.39, 0.29) is 0 Å². The third-order valence-electron chi connectivity index (χ3n) is 8.21. The topological polar surface area (TPSA) is 30.7 Å². The first-order valence-electron chi connectivity index (χ1n) is 13.8. The lowest BCUT2D eigenvalue weighted by molar-refractivity contribution is 0.998. The summed E-state index contributed by atoms with van der Waals surface area (Å²) >= 11 is 1.89. The van der Waals surface area contributed by atoms with E-state index in [0.29, 0.717) is 5.95 Å². The predicted molar refractivity (Wildman–Crippen MR) is 171 cm³/mol. The molecule has 0 fully saturated rings. The molecule has 0 aliphatic heterocycles. The van der Waals surface area contributed by atoms with Crippen LogP contribution in [0.25, 0.3) is 75.2 Å². The molecule has 0 bridgehead atoms. The average molecular weight is 530 g/mol. The Hall–Kier alpha value is -4.80. The van der Waals surface area contributed by atoms with Gasteiger partial charge in [0.1, 0.15) is 0 Å². The largest absolute Gasteiger partial charge is 0.277 e. The first-order chi connectivity index (χ1) is 19.9. The number of rotatable bonds is 2. The molecule has 9 rings (SSSR count). The molecule has 5 aromatic carbocycles. The van der Waals surface area contributed by atoms with Crippen LogP contribution in [0.2, 0.25) is 0 Å². The van der Waals surface area contributed by atoms with Crippen LogP contribution < -0.4 is 0 Å². The fraction of sp³-hybridized carbons (Fsp3) is 0.0556. The highest BCUT2D eigenvalue weighted by molar-refractivity contribution is 7.27. The van der Waals surface area contributed by atoms with Gasteiger partial charge in [-0.25, -0.2) is 9.97 Å². The van der Waals surface area contributed by atoms with E-state index in [4.69, 9.17) is 9.97 Å². The first-order valence-corrected chi connectivity index (χ1v) is 14.6. The predicted octanol–water partition coefficient (Wildman–Crippen LogP) is 9.98. The summed E-state index contributed by atoms with van der Waals surface area (Å²) in [5.74, 6) is 0.712. The average Bonchev–Trinajstić information content (AvgIpc) is 3.58. The van der Waals surface area contributed by atoms with Gasteiger partial charge in [-0.3, -0.25) is 4.57 Å². The quantitative estimate of drug-likeness (QED) is 0.223. The van der Waals surface area contributed by atoms with Crippen LogP contribution in [0.15, 0.2) is 115 Å². The van der Waals surface area contributed by atoms with Gasteiger partial charge in [0.15, 0.2) is 0 Å². The standard InChI is InChI=1S/C36H23N3S/c1-2-12-22(13-3-1)33-25-16-6-9-19-28(25)37-36(38-33)39-29-20-10-7-17-26(29)31-32-27-18-8-11-21-30(27)40-35(32)24-15-5-4-14-23(24)34(31)39/h2,4-21H,1,3H2. The molecule has 1 aliphatic rings. The number of allylic oxidation sites excluding steroid dienone is 4. The lowest BCUT2D eigenvalue weighted by Crippen LogP contribution is -2.05. The second-order valence-electron chi connectivity index (χ2n) is 10.5. The van der Waals surface area contributed by atoms with E-state index in [9.17, 15) is 0 Å². The van der Waals surface area contributed by atoms with E-state index in [1.165, 1.54) is 52.8 Å². The van der Waals surface area contributed by atoms with Crippen molar-refractivity contribution in [1.29, 1.82) is 0 Å². The summed E-state index contributed by atoms with van der Waals surface area (Å²) in [6, 6.07) is 34.7. The summed E-state index contributed by atoms with van der Waals surface area (Å²) in [4.78, 5) is 10.6. The molecule has 3 heterocycles. The number of benzene rings is 5. The molecule has 1 aliphatic carbocycles. The Morgan fingerprint density at radius 2 is 1.35 bits per heavy atom. The van der Waals surface area contributed by atoms with Crippen molar-refractivity contribution < 1.29 is 0 Å². The van der Waals surface area contributed by atoms with Crippen molar-refractivity contribution in [1.82, 2.24) is 14.5 Å². The Morgan fingerprint density at radius 3 is 2.20 bits per heavy atom. The van der Waals surface area contributed by atoms with E-state index in [1.807, 2.05) is 11.3 Å². The molecule has 0 atom stereocenters. The van der Waals surface area contributed by atoms with Gasteiger partial charge in [-0.15, -0.1) is 11.3 Å². The lowest BCUT2D eigenvalue weighted by Gasteiger charge is -2.14. The van der Waals surface area contributed by atoms with E-state index < -0.39 is 0 Å². The monoisotopic (exact) mass is 529 g/mol. The van der Waals surface area contributed by atoms with Crippen molar-refractivity contribution in [3.05, 3.63) is 121 Å². The van der Waals surface area contributed by atoms with Gasteiger partial charge < -0.3 is 0 Å². The van der Waals surface area contributed by atoms with Crippen LogP contribution in [0.5, 0.6) is 0 Å². The van der Waals surface area contributed by atoms with Crippen LogP contribution in [0.3, 0.4) is 0 Å². The van der Waals surface area contributed by atoms with E-state index in [0.717, 1.165) is 35.0 Å². The van der Waals surface area contributed by atoms with Gasteiger partial charge in [-0.05, 0) is 36.6 Å². The summed E-state index contributed by atoms with van der Waals surface area (Å²) in [5.41, 5.74) is 5.42. The van der Waals surface area contributed by atoms with Crippen molar-refractivity contribution in [3.63, 3.8) is 0 Å². The minimum Gasteiger partial charge on any atom is -0.277 e. The SMILES string of the molecule is C1=CC(c2nc(-n3c4ccccc4c4c5c6ccccc6sc5c5ccccc5c43)nc3ccccc23)=CCC1. The van der Waals surface area contributed by atoms with Crippen LogP contribution in [-0.2, 0) is 0 Å². The van der Waals surface area contributed by atoms with Crippen molar-refractivity contribution >= 4 is 80.6 Å². The normalized spacial score (nSPS) is 13.8. The summed E-state index contributed by atoms with van der Waals surface area (Å²) in [7, 11) is 0. The Bertz CT molecular complexity index is 2390. The second kappa shape index (κ2) is 8.35. The summed E-state index contributed by atoms with van der Waals surface area (Å²) in [6.07, 6.45) is 8.87. The Kier molecular flexibility index (Phi) is 4.60. The molecule has 0 saturated carbocycles. The molecule has 4 heteroatoms. The molecule has 188 valence electrons. The summed E-state index contributed by atoms with van der Waals surface area (Å²) in [5, 5.41) is 8.71. The van der Waals surface area contributed by atoms with Crippen LogP contribution in [0.4, 0.5) is 0 Å². The number of hydrogen-bond acceptors (Lipinski definition) is 3. The van der Waals surface area contributed by atoms with E-state index in [2.05, 4.69) is 120 Å². The number of thiophene rings is 1. The lowest BCUT2D eigenvalue weighted by atomic mass is 10.00. The van der Waals surface area contributed by atoms with Gasteiger partial charge in [0.25, 0.3) is 0 Å². The second-order valence-corrected chi connectivity index (χ2v) is 11.5. The molecule has 8 aromatic rings. The minimum absolute atomic E-state index is 0.712. The first kappa shape index (κ1) is 22.1. The fourth-order valence-corrected chi connectivity index (χ4v) is 7.75. The number of aromatic nitrogens is 3. The maximum Gasteiger partial charge on any atom is 0.235 e. The molecule has 0 N–H and O–H groups in total. The zero-order chi connectivity index (χ0) is 26.2. The van der Waals surface area contributed by atoms with Crippen molar-refractivity contribution in [2.24, 2.45) is 0 Å². The van der Waals surface area contributed by atoms with Crippen LogP contribution in [-0.4, -0.2) is 14.5 Å². The maximum atomic E-state index is 5.34. The molecule has 0 amide bonds. The maximum absolute atomic E-state index is 5.34. The molecule has 3 nitrogen and oxygen atoms in total. The van der Waals surface area contributed by atoms with Crippen LogP contribution >= 0.6 is 11.3 Å². The number of para-hydroxylation sites is 2. The molecule has 40 heavy (non-hydrogen) atoms. The van der Waals surface area contributed by atoms with Crippen LogP contribution in [0, 0.1) is 0 Å². The van der Waals surface area contributed by atoms with Gasteiger partial charge in [0, 0.05) is 47.1 Å². The zero-order valence-electron chi connectivity index (χ0n) is 21.6. The Morgan fingerprint density at radius 1 is 0.625 bits per heavy atom. The molecule has 0 saturated heterocycles. The molecular formula is C36H23N3S. The van der Waals surface area contributed by atoms with E-state index >= 15 is 0 Å². The van der Waals surface area contributed by atoms with Crippen molar-refractivity contribution in [3.8, 4) is 5.95 Å². The Labute approximate surface area is 234 Å². The molecule has 0 spiro atoms. The number of hydrogen-bond donors (Lipinski definition) is 0. The van der Waals surface area contributed by atoms with Gasteiger partial charge in [-0.2, -0.15) is 0 Å². The number of fused-ring (bicyclic) bond motifs is 11.